The Kier molecular flexibility index (Phi) is 8.20. The van der Waals surface area contributed by atoms with Crippen molar-refractivity contribution in [1.82, 2.24) is 10.2 Å². The van der Waals surface area contributed by atoms with Crippen LogP contribution < -0.4 is 24.8 Å². The number of aromatic nitrogens is 2. The molecule has 0 spiro atoms. The van der Waals surface area contributed by atoms with Crippen LogP contribution in [0.25, 0.3) is 0 Å². The van der Waals surface area contributed by atoms with E-state index >= 15 is 0 Å². The van der Waals surface area contributed by atoms with E-state index in [1.54, 1.807) is 49.6 Å². The first-order valence-corrected chi connectivity index (χ1v) is 11.1. The molecule has 0 fully saturated rings. The summed E-state index contributed by atoms with van der Waals surface area (Å²) in [4.78, 5) is 24.8. The fourth-order valence-electron chi connectivity index (χ4n) is 2.85. The van der Waals surface area contributed by atoms with Crippen molar-refractivity contribution < 1.29 is 23.8 Å². The number of benzene rings is 2. The van der Waals surface area contributed by atoms with Crippen LogP contribution in [0.15, 0.2) is 42.5 Å². The van der Waals surface area contributed by atoms with Crippen LogP contribution >= 0.6 is 11.3 Å². The molecule has 0 radical (unpaired) electrons. The van der Waals surface area contributed by atoms with E-state index in [4.69, 9.17) is 14.2 Å². The van der Waals surface area contributed by atoms with Crippen molar-refractivity contribution in [3.63, 3.8) is 0 Å². The third kappa shape index (κ3) is 6.91. The summed E-state index contributed by atoms with van der Waals surface area (Å²) < 4.78 is 16.0. The lowest BCUT2D eigenvalue weighted by Crippen LogP contribution is -2.20. The maximum atomic E-state index is 12.6. The van der Waals surface area contributed by atoms with E-state index in [1.807, 2.05) is 0 Å². The number of anilines is 2. The molecule has 0 unspecified atom stereocenters. The molecule has 0 saturated heterocycles. The Labute approximate surface area is 196 Å². The van der Waals surface area contributed by atoms with E-state index in [9.17, 15) is 9.59 Å². The summed E-state index contributed by atoms with van der Waals surface area (Å²) >= 11 is 1.35. The van der Waals surface area contributed by atoms with E-state index in [0.717, 1.165) is 11.4 Å². The van der Waals surface area contributed by atoms with Crippen molar-refractivity contribution in [1.29, 1.82) is 0 Å². The number of rotatable bonds is 10. The molecule has 9 nitrogen and oxygen atoms in total. The maximum Gasteiger partial charge on any atom is 0.262 e. The standard InChI is InChI=1S/C23H26N4O5S/c1-14(2)11-21-26-27-23(33-21)25-22(29)15-5-10-18(19(12-15)31-4)32-13-20(28)24-16-6-8-17(30-3)9-7-16/h5-10,12,14H,11,13H2,1-4H3,(H,24,28)(H,25,27,29). The third-order valence-electron chi connectivity index (χ3n) is 4.43. The lowest BCUT2D eigenvalue weighted by Gasteiger charge is -2.12. The number of amides is 2. The fraction of sp³-hybridized carbons (Fsp3) is 0.304. The van der Waals surface area contributed by atoms with Gasteiger partial charge in [0, 0.05) is 17.7 Å². The quantitative estimate of drug-likeness (QED) is 0.460. The van der Waals surface area contributed by atoms with Gasteiger partial charge in [-0.3, -0.25) is 14.9 Å². The molecule has 2 amide bonds. The van der Waals surface area contributed by atoms with Crippen molar-refractivity contribution in [2.24, 2.45) is 5.92 Å². The van der Waals surface area contributed by atoms with Crippen LogP contribution in [0, 0.1) is 5.92 Å². The number of carbonyl (C=O) groups excluding carboxylic acids is 2. The summed E-state index contributed by atoms with van der Waals surface area (Å²) in [6, 6.07) is 11.7. The zero-order chi connectivity index (χ0) is 23.8. The Bertz CT molecular complexity index is 1100. The molecule has 0 atom stereocenters. The van der Waals surface area contributed by atoms with Crippen LogP contribution in [0.1, 0.15) is 29.2 Å². The Morgan fingerprint density at radius 2 is 1.73 bits per heavy atom. The molecule has 0 saturated carbocycles. The van der Waals surface area contributed by atoms with E-state index in [0.29, 0.717) is 39.5 Å². The van der Waals surface area contributed by atoms with Gasteiger partial charge in [0.25, 0.3) is 11.8 Å². The van der Waals surface area contributed by atoms with Crippen LogP contribution in [-0.4, -0.2) is 42.8 Å². The third-order valence-corrected chi connectivity index (χ3v) is 5.29. The SMILES string of the molecule is COc1ccc(NC(=O)COc2ccc(C(=O)Nc3nnc(CC(C)C)s3)cc2OC)cc1. The zero-order valence-electron chi connectivity index (χ0n) is 18.9. The molecule has 0 aliphatic carbocycles. The van der Waals surface area contributed by atoms with E-state index < -0.39 is 0 Å². The maximum absolute atomic E-state index is 12.6. The van der Waals surface area contributed by atoms with E-state index in [2.05, 4.69) is 34.7 Å². The molecule has 3 aromatic rings. The lowest BCUT2D eigenvalue weighted by atomic mass is 10.1. The number of nitrogens with one attached hydrogen (secondary N) is 2. The molecule has 174 valence electrons. The molecule has 3 rings (SSSR count). The minimum atomic E-state index is -0.343. The van der Waals surface area contributed by atoms with Gasteiger partial charge in [-0.25, -0.2) is 0 Å². The Hall–Kier alpha value is -3.66. The first kappa shape index (κ1) is 24.0. The second-order valence-electron chi connectivity index (χ2n) is 7.48. The smallest absolute Gasteiger partial charge is 0.262 e. The second-order valence-corrected chi connectivity index (χ2v) is 8.55. The molecular formula is C23H26N4O5S. The number of methoxy groups -OCH3 is 2. The van der Waals surface area contributed by atoms with Gasteiger partial charge in [0.2, 0.25) is 5.13 Å². The molecule has 2 N–H and O–H groups in total. The summed E-state index contributed by atoms with van der Waals surface area (Å²) in [5, 5.41) is 14.9. The van der Waals surface area contributed by atoms with Gasteiger partial charge >= 0.3 is 0 Å². The van der Waals surface area contributed by atoms with Gasteiger partial charge in [0.1, 0.15) is 10.8 Å². The van der Waals surface area contributed by atoms with Gasteiger partial charge in [-0.15, -0.1) is 10.2 Å². The van der Waals surface area contributed by atoms with E-state index in [1.165, 1.54) is 18.4 Å². The van der Waals surface area contributed by atoms with Gasteiger partial charge in [-0.2, -0.15) is 0 Å². The molecule has 1 heterocycles. The summed E-state index contributed by atoms with van der Waals surface area (Å²) in [6.07, 6.45) is 0.805. The first-order chi connectivity index (χ1) is 15.9. The second kappa shape index (κ2) is 11.3. The number of carbonyl (C=O) groups is 2. The van der Waals surface area contributed by atoms with Crippen molar-refractivity contribution in [2.45, 2.75) is 20.3 Å². The molecular weight excluding hydrogens is 444 g/mol. The Morgan fingerprint density at radius 3 is 2.39 bits per heavy atom. The summed E-state index contributed by atoms with van der Waals surface area (Å²) in [7, 11) is 3.04. The molecule has 2 aromatic carbocycles. The van der Waals surface area contributed by atoms with Crippen molar-refractivity contribution >= 4 is 34.0 Å². The lowest BCUT2D eigenvalue weighted by molar-refractivity contribution is -0.118. The monoisotopic (exact) mass is 470 g/mol. The van der Waals surface area contributed by atoms with Crippen molar-refractivity contribution in [3.8, 4) is 17.2 Å². The largest absolute Gasteiger partial charge is 0.497 e. The topological polar surface area (TPSA) is 112 Å². The van der Waals surface area contributed by atoms with Crippen LogP contribution in [0.3, 0.4) is 0 Å². The number of hydrogen-bond donors (Lipinski definition) is 2. The van der Waals surface area contributed by atoms with Gasteiger partial charge in [0.05, 0.1) is 14.2 Å². The summed E-state index contributed by atoms with van der Waals surface area (Å²) in [5.74, 6) is 1.14. The van der Waals surface area contributed by atoms with Gasteiger partial charge in [-0.1, -0.05) is 25.2 Å². The van der Waals surface area contributed by atoms with E-state index in [-0.39, 0.29) is 18.4 Å². The van der Waals surface area contributed by atoms with Crippen LogP contribution in [-0.2, 0) is 11.2 Å². The van der Waals surface area contributed by atoms with Gasteiger partial charge in [0.15, 0.2) is 18.1 Å². The van der Waals surface area contributed by atoms with Gasteiger partial charge < -0.3 is 19.5 Å². The number of ether oxygens (including phenoxy) is 3. The molecule has 1 aromatic heterocycles. The molecule has 10 heteroatoms. The Balaban J connectivity index is 1.58. The normalized spacial score (nSPS) is 10.6. The average Bonchev–Trinajstić information content (AvgIpc) is 3.23. The highest BCUT2D eigenvalue weighted by molar-refractivity contribution is 7.15. The van der Waals surface area contributed by atoms with Crippen LogP contribution in [0.5, 0.6) is 17.2 Å². The Morgan fingerprint density at radius 1 is 0.970 bits per heavy atom. The molecule has 0 aliphatic heterocycles. The highest BCUT2D eigenvalue weighted by atomic mass is 32.1. The fourth-order valence-corrected chi connectivity index (χ4v) is 3.79. The van der Waals surface area contributed by atoms with Crippen molar-refractivity contribution in [3.05, 3.63) is 53.0 Å². The average molecular weight is 471 g/mol. The predicted octanol–water partition coefficient (Wildman–Crippen LogP) is 4.02. The molecule has 0 aliphatic rings. The summed E-state index contributed by atoms with van der Waals surface area (Å²) in [6.45, 7) is 3.97. The minimum Gasteiger partial charge on any atom is -0.497 e. The zero-order valence-corrected chi connectivity index (χ0v) is 19.7. The number of hydrogen-bond acceptors (Lipinski definition) is 8. The van der Waals surface area contributed by atoms with Crippen LogP contribution in [0.2, 0.25) is 0 Å². The van der Waals surface area contributed by atoms with Crippen LogP contribution in [0.4, 0.5) is 10.8 Å². The minimum absolute atomic E-state index is 0.225. The highest BCUT2D eigenvalue weighted by Gasteiger charge is 2.15. The molecule has 33 heavy (non-hydrogen) atoms. The van der Waals surface area contributed by atoms with Gasteiger partial charge in [-0.05, 0) is 48.4 Å². The molecule has 0 bridgehead atoms. The predicted molar refractivity (Wildman–Crippen MR) is 127 cm³/mol. The first-order valence-electron chi connectivity index (χ1n) is 10.3. The van der Waals surface area contributed by atoms with Crippen molar-refractivity contribution in [2.75, 3.05) is 31.5 Å². The number of nitrogens with zero attached hydrogens (tertiary/aromatic N) is 2. The summed E-state index contributed by atoms with van der Waals surface area (Å²) in [5.41, 5.74) is 0.985. The highest BCUT2D eigenvalue weighted by Crippen LogP contribution is 2.29.